The van der Waals surface area contributed by atoms with Gasteiger partial charge in [0.1, 0.15) is 11.3 Å². The van der Waals surface area contributed by atoms with Gasteiger partial charge in [0.2, 0.25) is 11.8 Å². The minimum absolute atomic E-state index is 0. The van der Waals surface area contributed by atoms with Gasteiger partial charge in [0, 0.05) is 17.8 Å². The summed E-state index contributed by atoms with van der Waals surface area (Å²) in [5, 5.41) is 10.6. The van der Waals surface area contributed by atoms with E-state index < -0.39 is 5.54 Å². The zero-order valence-electron chi connectivity index (χ0n) is 14.9. The number of amides is 1. The molecule has 3 heterocycles. The molecule has 0 unspecified atom stereocenters. The van der Waals surface area contributed by atoms with E-state index in [0.717, 1.165) is 18.8 Å². The monoisotopic (exact) mass is 367 g/mol. The Labute approximate surface area is 154 Å². The van der Waals surface area contributed by atoms with Crippen molar-refractivity contribution in [3.05, 3.63) is 36.3 Å². The standard InChI is InChI=1S/C17H25N5O2.ClH/c1-16(2,3)13-11-19-14(24-13)12-20-15(23)17(5-8-18-9-6-17)22-10-4-7-21-22;/h4,7,10-11,18H,5-6,8-9,12H2,1-3H3,(H,20,23);1H. The molecule has 1 amide bonds. The number of carbonyl (C=O) groups excluding carboxylic acids is 1. The van der Waals surface area contributed by atoms with Crippen LogP contribution in [0.5, 0.6) is 0 Å². The Morgan fingerprint density at radius 3 is 2.68 bits per heavy atom. The summed E-state index contributed by atoms with van der Waals surface area (Å²) < 4.78 is 7.53. The normalized spacial score (nSPS) is 16.9. The average molecular weight is 368 g/mol. The molecule has 8 heteroatoms. The van der Waals surface area contributed by atoms with Gasteiger partial charge >= 0.3 is 0 Å². The molecule has 1 fully saturated rings. The highest BCUT2D eigenvalue weighted by Gasteiger charge is 2.41. The van der Waals surface area contributed by atoms with Crippen molar-refractivity contribution < 1.29 is 9.21 Å². The second kappa shape index (κ2) is 7.58. The van der Waals surface area contributed by atoms with E-state index in [-0.39, 0.29) is 30.3 Å². The van der Waals surface area contributed by atoms with Gasteiger partial charge in [-0.3, -0.25) is 9.48 Å². The van der Waals surface area contributed by atoms with E-state index in [0.29, 0.717) is 18.7 Å². The second-order valence-corrected chi connectivity index (χ2v) is 7.28. The molecule has 0 spiro atoms. The zero-order chi connectivity index (χ0) is 17.2. The summed E-state index contributed by atoms with van der Waals surface area (Å²) in [5.74, 6) is 1.30. The van der Waals surface area contributed by atoms with E-state index in [1.807, 2.05) is 12.3 Å². The molecule has 3 rings (SSSR count). The number of hydrogen-bond donors (Lipinski definition) is 2. The van der Waals surface area contributed by atoms with Crippen molar-refractivity contribution in [2.75, 3.05) is 13.1 Å². The summed E-state index contributed by atoms with van der Waals surface area (Å²) in [6.45, 7) is 8.07. The quantitative estimate of drug-likeness (QED) is 0.863. The van der Waals surface area contributed by atoms with Gasteiger partial charge in [-0.1, -0.05) is 20.8 Å². The molecule has 1 saturated heterocycles. The van der Waals surface area contributed by atoms with Crippen molar-refractivity contribution in [3.8, 4) is 0 Å². The van der Waals surface area contributed by atoms with E-state index in [4.69, 9.17) is 4.42 Å². The van der Waals surface area contributed by atoms with Gasteiger partial charge in [0.25, 0.3) is 0 Å². The number of hydrogen-bond acceptors (Lipinski definition) is 5. The van der Waals surface area contributed by atoms with Crippen molar-refractivity contribution in [2.24, 2.45) is 0 Å². The van der Waals surface area contributed by atoms with E-state index >= 15 is 0 Å². The van der Waals surface area contributed by atoms with Gasteiger partial charge in [-0.25, -0.2) is 4.98 Å². The molecule has 0 radical (unpaired) electrons. The Hall–Kier alpha value is -1.86. The molecule has 25 heavy (non-hydrogen) atoms. The number of piperidine rings is 1. The summed E-state index contributed by atoms with van der Waals surface area (Å²) in [4.78, 5) is 17.2. The predicted molar refractivity (Wildman–Crippen MR) is 96.6 cm³/mol. The van der Waals surface area contributed by atoms with Gasteiger partial charge in [0.15, 0.2) is 0 Å². The molecule has 1 aliphatic rings. The minimum Gasteiger partial charge on any atom is -0.443 e. The van der Waals surface area contributed by atoms with Gasteiger partial charge in [-0.2, -0.15) is 5.10 Å². The van der Waals surface area contributed by atoms with E-state index in [2.05, 4.69) is 41.5 Å². The maximum absolute atomic E-state index is 12.9. The molecule has 0 aliphatic carbocycles. The Bertz CT molecular complexity index is 684. The van der Waals surface area contributed by atoms with Crippen LogP contribution < -0.4 is 10.6 Å². The Morgan fingerprint density at radius 2 is 2.12 bits per heavy atom. The second-order valence-electron chi connectivity index (χ2n) is 7.28. The lowest BCUT2D eigenvalue weighted by Crippen LogP contribution is -2.54. The molecule has 7 nitrogen and oxygen atoms in total. The van der Waals surface area contributed by atoms with Crippen LogP contribution in [0.2, 0.25) is 0 Å². The SMILES string of the molecule is CC(C)(C)c1cnc(CNC(=O)C2(n3cccn3)CCNCC2)o1.Cl. The lowest BCUT2D eigenvalue weighted by Gasteiger charge is -2.36. The van der Waals surface area contributed by atoms with E-state index in [9.17, 15) is 4.79 Å². The number of rotatable bonds is 4. The van der Waals surface area contributed by atoms with Crippen molar-refractivity contribution in [2.45, 2.75) is 51.1 Å². The number of aromatic nitrogens is 3. The van der Waals surface area contributed by atoms with Gasteiger partial charge < -0.3 is 15.1 Å². The van der Waals surface area contributed by atoms with Crippen LogP contribution in [-0.2, 0) is 22.3 Å². The van der Waals surface area contributed by atoms with Crippen molar-refractivity contribution in [1.29, 1.82) is 0 Å². The predicted octanol–water partition coefficient (Wildman–Crippen LogP) is 1.99. The number of halogens is 1. The van der Waals surface area contributed by atoms with Crippen molar-refractivity contribution in [3.63, 3.8) is 0 Å². The molecular weight excluding hydrogens is 342 g/mol. The highest BCUT2D eigenvalue weighted by molar-refractivity contribution is 5.85. The molecule has 2 aromatic heterocycles. The molecule has 0 saturated carbocycles. The lowest BCUT2D eigenvalue weighted by atomic mass is 9.87. The maximum Gasteiger partial charge on any atom is 0.248 e. The number of carbonyl (C=O) groups is 1. The summed E-state index contributed by atoms with van der Waals surface area (Å²) in [6.07, 6.45) is 6.71. The molecular formula is C17H26ClN5O2. The van der Waals surface area contributed by atoms with Crippen LogP contribution >= 0.6 is 12.4 Å². The first-order valence-corrected chi connectivity index (χ1v) is 8.36. The highest BCUT2D eigenvalue weighted by Crippen LogP contribution is 2.27. The third-order valence-corrected chi connectivity index (χ3v) is 4.49. The van der Waals surface area contributed by atoms with Gasteiger partial charge in [-0.05, 0) is 32.0 Å². The summed E-state index contributed by atoms with van der Waals surface area (Å²) in [6, 6.07) is 1.85. The van der Waals surface area contributed by atoms with Crippen molar-refractivity contribution >= 4 is 18.3 Å². The summed E-state index contributed by atoms with van der Waals surface area (Å²) in [7, 11) is 0. The molecule has 0 bridgehead atoms. The minimum atomic E-state index is -0.645. The fourth-order valence-corrected chi connectivity index (χ4v) is 2.98. The molecule has 138 valence electrons. The van der Waals surface area contributed by atoms with E-state index in [1.54, 1.807) is 17.1 Å². The Morgan fingerprint density at radius 1 is 1.40 bits per heavy atom. The molecule has 0 aromatic carbocycles. The van der Waals surface area contributed by atoms with Crippen LogP contribution in [0.1, 0.15) is 45.3 Å². The first-order valence-electron chi connectivity index (χ1n) is 8.36. The first kappa shape index (κ1) is 19.5. The van der Waals surface area contributed by atoms with Crippen LogP contribution in [-0.4, -0.2) is 33.8 Å². The molecule has 0 atom stereocenters. The third kappa shape index (κ3) is 4.04. The number of oxazole rings is 1. The third-order valence-electron chi connectivity index (χ3n) is 4.49. The topological polar surface area (TPSA) is 85.0 Å². The molecule has 1 aliphatic heterocycles. The summed E-state index contributed by atoms with van der Waals surface area (Å²) >= 11 is 0. The smallest absolute Gasteiger partial charge is 0.248 e. The molecule has 2 aromatic rings. The summed E-state index contributed by atoms with van der Waals surface area (Å²) in [5.41, 5.74) is -0.741. The first-order chi connectivity index (χ1) is 11.4. The van der Waals surface area contributed by atoms with Crippen LogP contribution in [0.15, 0.2) is 29.1 Å². The number of nitrogens with one attached hydrogen (secondary N) is 2. The van der Waals surface area contributed by atoms with Crippen LogP contribution in [0.3, 0.4) is 0 Å². The fraction of sp³-hybridized carbons (Fsp3) is 0.588. The van der Waals surface area contributed by atoms with E-state index in [1.165, 1.54) is 0 Å². The average Bonchev–Trinajstić information content (AvgIpc) is 3.24. The van der Waals surface area contributed by atoms with Crippen molar-refractivity contribution in [1.82, 2.24) is 25.4 Å². The Balaban J connectivity index is 0.00000225. The van der Waals surface area contributed by atoms with Gasteiger partial charge in [-0.15, -0.1) is 12.4 Å². The van der Waals surface area contributed by atoms with Gasteiger partial charge in [0.05, 0.1) is 12.7 Å². The maximum atomic E-state index is 12.9. The van der Waals surface area contributed by atoms with Crippen LogP contribution in [0, 0.1) is 0 Å². The van der Waals surface area contributed by atoms with Crippen LogP contribution in [0.25, 0.3) is 0 Å². The highest BCUT2D eigenvalue weighted by atomic mass is 35.5. The largest absolute Gasteiger partial charge is 0.443 e. The zero-order valence-corrected chi connectivity index (χ0v) is 15.7. The van der Waals surface area contributed by atoms with Crippen LogP contribution in [0.4, 0.5) is 0 Å². The Kier molecular flexibility index (Phi) is 5.90. The molecule has 2 N–H and O–H groups in total. The fourth-order valence-electron chi connectivity index (χ4n) is 2.98. The number of nitrogens with zero attached hydrogens (tertiary/aromatic N) is 3. The lowest BCUT2D eigenvalue weighted by molar-refractivity contribution is -0.132.